The third kappa shape index (κ3) is 3.69. The van der Waals surface area contributed by atoms with E-state index in [1.165, 1.54) is 12.1 Å². The molecular formula is C27H25FN4O2. The van der Waals surface area contributed by atoms with Gasteiger partial charge in [-0.3, -0.25) is 4.57 Å². The van der Waals surface area contributed by atoms with Gasteiger partial charge < -0.3 is 15.0 Å². The van der Waals surface area contributed by atoms with Gasteiger partial charge in [0.15, 0.2) is 0 Å². The summed E-state index contributed by atoms with van der Waals surface area (Å²) in [5, 5.41) is 3.34. The molecule has 0 fully saturated rings. The van der Waals surface area contributed by atoms with Crippen molar-refractivity contribution in [2.24, 2.45) is 0 Å². The zero-order valence-corrected chi connectivity index (χ0v) is 19.2. The SMILES string of the molecule is CCOC(=O)C1=C(c2ccc(F)cc2)Nc2nc3ccccc3n2C1c1ccc(N(C)C)cc1. The first-order chi connectivity index (χ1) is 16.5. The van der Waals surface area contributed by atoms with Crippen LogP contribution in [-0.2, 0) is 9.53 Å². The number of aromatic nitrogens is 2. The minimum atomic E-state index is -0.487. The van der Waals surface area contributed by atoms with Gasteiger partial charge in [0.05, 0.1) is 35.0 Å². The number of benzene rings is 3. The van der Waals surface area contributed by atoms with Gasteiger partial charge in [0, 0.05) is 19.8 Å². The smallest absolute Gasteiger partial charge is 0.338 e. The summed E-state index contributed by atoms with van der Waals surface area (Å²) in [5.41, 5.74) is 5.35. The molecule has 6 nitrogen and oxygen atoms in total. The largest absolute Gasteiger partial charge is 0.463 e. The first kappa shape index (κ1) is 21.7. The number of rotatable bonds is 5. The van der Waals surface area contributed by atoms with E-state index in [1.807, 2.05) is 72.1 Å². The summed E-state index contributed by atoms with van der Waals surface area (Å²) in [4.78, 5) is 20.3. The lowest BCUT2D eigenvalue weighted by Crippen LogP contribution is -2.29. The quantitative estimate of drug-likeness (QED) is 0.417. The predicted molar refractivity (Wildman–Crippen MR) is 132 cm³/mol. The van der Waals surface area contributed by atoms with Gasteiger partial charge in [0.25, 0.3) is 0 Å². The number of hydrogen-bond acceptors (Lipinski definition) is 5. The molecule has 0 saturated carbocycles. The van der Waals surface area contributed by atoms with Crippen LogP contribution in [0, 0.1) is 5.82 Å². The standard InChI is InChI=1S/C27H25FN4O2/c1-4-34-26(33)23-24(17-9-13-19(28)14-10-17)30-27-29-21-7-5-6-8-22(21)32(27)25(23)18-11-15-20(16-12-18)31(2)3/h5-16,25H,4H2,1-3H3,(H,29,30). The molecule has 1 aromatic heterocycles. The Bertz CT molecular complexity index is 1390. The van der Waals surface area contributed by atoms with Gasteiger partial charge in [-0.25, -0.2) is 14.2 Å². The van der Waals surface area contributed by atoms with Crippen LogP contribution in [0.25, 0.3) is 16.7 Å². The zero-order valence-electron chi connectivity index (χ0n) is 19.2. The summed E-state index contributed by atoms with van der Waals surface area (Å²) >= 11 is 0. The first-order valence-corrected chi connectivity index (χ1v) is 11.2. The fourth-order valence-corrected chi connectivity index (χ4v) is 4.38. The van der Waals surface area contributed by atoms with E-state index >= 15 is 0 Å². The van der Waals surface area contributed by atoms with E-state index in [9.17, 15) is 9.18 Å². The molecule has 1 aliphatic rings. The maximum Gasteiger partial charge on any atom is 0.338 e. The monoisotopic (exact) mass is 456 g/mol. The Balaban J connectivity index is 1.79. The van der Waals surface area contributed by atoms with Crippen molar-refractivity contribution in [3.05, 3.63) is 95.3 Å². The predicted octanol–water partition coefficient (Wildman–Crippen LogP) is 5.23. The fourth-order valence-electron chi connectivity index (χ4n) is 4.38. The maximum atomic E-state index is 13.7. The summed E-state index contributed by atoms with van der Waals surface area (Å²) < 4.78 is 21.3. The van der Waals surface area contributed by atoms with Crippen LogP contribution in [0.15, 0.2) is 78.4 Å². The summed E-state index contributed by atoms with van der Waals surface area (Å²) in [7, 11) is 3.97. The minimum absolute atomic E-state index is 0.239. The number of ether oxygens (including phenoxy) is 1. The van der Waals surface area contributed by atoms with E-state index < -0.39 is 12.0 Å². The molecule has 1 N–H and O–H groups in total. The zero-order chi connectivity index (χ0) is 23.8. The Kier molecular flexibility index (Phi) is 5.53. The number of nitrogens with zero attached hydrogens (tertiary/aromatic N) is 3. The second-order valence-electron chi connectivity index (χ2n) is 8.32. The molecule has 0 aliphatic carbocycles. The lowest BCUT2D eigenvalue weighted by Gasteiger charge is -2.31. The lowest BCUT2D eigenvalue weighted by atomic mass is 9.92. The van der Waals surface area contributed by atoms with Gasteiger partial charge in [-0.05, 0) is 66.6 Å². The van der Waals surface area contributed by atoms with Crippen molar-refractivity contribution in [3.8, 4) is 0 Å². The Morgan fingerprint density at radius 3 is 2.44 bits per heavy atom. The summed E-state index contributed by atoms with van der Waals surface area (Å²) in [6.45, 7) is 2.02. The van der Waals surface area contributed by atoms with Crippen LogP contribution in [-0.4, -0.2) is 36.2 Å². The highest BCUT2D eigenvalue weighted by Crippen LogP contribution is 2.42. The van der Waals surface area contributed by atoms with Crippen molar-refractivity contribution in [3.63, 3.8) is 0 Å². The number of para-hydroxylation sites is 2. The Hall–Kier alpha value is -4.13. The van der Waals surface area contributed by atoms with Gasteiger partial charge in [-0.15, -0.1) is 0 Å². The Labute approximate surface area is 197 Å². The molecule has 5 rings (SSSR count). The average Bonchev–Trinajstić information content (AvgIpc) is 3.22. The average molecular weight is 457 g/mol. The summed E-state index contributed by atoms with van der Waals surface area (Å²) in [6, 6.07) is 21.5. The van der Waals surface area contributed by atoms with E-state index in [0.29, 0.717) is 22.8 Å². The molecule has 1 aliphatic heterocycles. The second-order valence-corrected chi connectivity index (χ2v) is 8.32. The highest BCUT2D eigenvalue weighted by Gasteiger charge is 2.36. The number of esters is 1. The van der Waals surface area contributed by atoms with E-state index in [4.69, 9.17) is 9.72 Å². The lowest BCUT2D eigenvalue weighted by molar-refractivity contribution is -0.138. The number of imidazole rings is 1. The second kappa shape index (κ2) is 8.67. The topological polar surface area (TPSA) is 59.4 Å². The molecule has 1 atom stereocenters. The van der Waals surface area contributed by atoms with E-state index in [-0.39, 0.29) is 12.4 Å². The molecule has 0 saturated heterocycles. The number of halogens is 1. The third-order valence-corrected chi connectivity index (χ3v) is 5.99. The normalized spacial score (nSPS) is 15.1. The molecule has 0 amide bonds. The van der Waals surface area contributed by atoms with Crippen LogP contribution in [0.4, 0.5) is 16.0 Å². The van der Waals surface area contributed by atoms with Crippen LogP contribution in [0.5, 0.6) is 0 Å². The van der Waals surface area contributed by atoms with Crippen molar-refractivity contribution in [2.75, 3.05) is 30.9 Å². The molecule has 7 heteroatoms. The number of fused-ring (bicyclic) bond motifs is 3. The van der Waals surface area contributed by atoms with E-state index in [1.54, 1.807) is 19.1 Å². The molecule has 4 aromatic rings. The van der Waals surface area contributed by atoms with Crippen LogP contribution >= 0.6 is 0 Å². The number of hydrogen-bond donors (Lipinski definition) is 1. The molecule has 0 spiro atoms. The van der Waals surface area contributed by atoms with Crippen LogP contribution in [0.2, 0.25) is 0 Å². The van der Waals surface area contributed by atoms with E-state index in [2.05, 4.69) is 5.32 Å². The van der Waals surface area contributed by atoms with Crippen LogP contribution in [0.1, 0.15) is 24.1 Å². The van der Waals surface area contributed by atoms with Crippen molar-refractivity contribution < 1.29 is 13.9 Å². The molecule has 34 heavy (non-hydrogen) atoms. The van der Waals surface area contributed by atoms with Crippen molar-refractivity contribution in [2.45, 2.75) is 13.0 Å². The van der Waals surface area contributed by atoms with Gasteiger partial charge in [-0.2, -0.15) is 0 Å². The number of carbonyl (C=O) groups is 1. The fraction of sp³-hybridized carbons (Fsp3) is 0.185. The first-order valence-electron chi connectivity index (χ1n) is 11.2. The van der Waals surface area contributed by atoms with Crippen molar-refractivity contribution >= 4 is 34.3 Å². The highest BCUT2D eigenvalue weighted by atomic mass is 19.1. The van der Waals surface area contributed by atoms with E-state index in [0.717, 1.165) is 22.3 Å². The van der Waals surface area contributed by atoms with Gasteiger partial charge >= 0.3 is 5.97 Å². The minimum Gasteiger partial charge on any atom is -0.463 e. The maximum absolute atomic E-state index is 13.7. The van der Waals surface area contributed by atoms with Crippen LogP contribution in [0.3, 0.4) is 0 Å². The Morgan fingerprint density at radius 1 is 1.06 bits per heavy atom. The molecule has 3 aromatic carbocycles. The summed E-state index contributed by atoms with van der Waals surface area (Å²) in [6.07, 6.45) is 0. The Morgan fingerprint density at radius 2 is 1.76 bits per heavy atom. The molecule has 0 radical (unpaired) electrons. The third-order valence-electron chi connectivity index (χ3n) is 5.99. The van der Waals surface area contributed by atoms with Gasteiger partial charge in [0.2, 0.25) is 5.95 Å². The van der Waals surface area contributed by atoms with Gasteiger partial charge in [0.1, 0.15) is 5.82 Å². The van der Waals surface area contributed by atoms with Crippen molar-refractivity contribution in [1.82, 2.24) is 9.55 Å². The molecule has 0 bridgehead atoms. The molecule has 1 unspecified atom stereocenters. The highest BCUT2D eigenvalue weighted by molar-refractivity contribution is 6.03. The number of carbonyl (C=O) groups excluding carboxylic acids is 1. The molecule has 2 heterocycles. The summed E-state index contributed by atoms with van der Waals surface area (Å²) in [5.74, 6) is -0.171. The number of nitrogens with one attached hydrogen (secondary N) is 1. The number of anilines is 2. The molecular weight excluding hydrogens is 431 g/mol. The molecule has 172 valence electrons. The van der Waals surface area contributed by atoms with Crippen LogP contribution < -0.4 is 10.2 Å². The van der Waals surface area contributed by atoms with Gasteiger partial charge in [-0.1, -0.05) is 24.3 Å². The van der Waals surface area contributed by atoms with Crippen molar-refractivity contribution in [1.29, 1.82) is 0 Å².